The summed E-state index contributed by atoms with van der Waals surface area (Å²) in [4.78, 5) is 16.7. The van der Waals surface area contributed by atoms with E-state index in [2.05, 4.69) is 4.98 Å². The van der Waals surface area contributed by atoms with Crippen LogP contribution in [0.2, 0.25) is 0 Å². The van der Waals surface area contributed by atoms with Crippen LogP contribution in [-0.4, -0.2) is 31.1 Å². The van der Waals surface area contributed by atoms with E-state index in [1.807, 2.05) is 54.7 Å². The number of rotatable bonds is 4. The average molecular weight is 429 g/mol. The lowest BCUT2D eigenvalue weighted by Gasteiger charge is -2.09. The summed E-state index contributed by atoms with van der Waals surface area (Å²) in [5, 5.41) is 0. The number of benzene rings is 2. The van der Waals surface area contributed by atoms with Gasteiger partial charge in [-0.15, -0.1) is 0 Å². The van der Waals surface area contributed by atoms with E-state index in [-0.39, 0.29) is 20.2 Å². The van der Waals surface area contributed by atoms with Gasteiger partial charge in [0.15, 0.2) is 23.0 Å². The van der Waals surface area contributed by atoms with Gasteiger partial charge in [-0.2, -0.15) is 0 Å². The van der Waals surface area contributed by atoms with E-state index in [9.17, 15) is 4.79 Å². The van der Waals surface area contributed by atoms with E-state index in [0.717, 1.165) is 33.5 Å². The van der Waals surface area contributed by atoms with E-state index in [0.29, 0.717) is 28.6 Å². The van der Waals surface area contributed by atoms with Crippen molar-refractivity contribution >= 4 is 5.97 Å². The molecule has 2 aromatic carbocycles. The lowest BCUT2D eigenvalue weighted by molar-refractivity contribution is 0.0528. The topological polar surface area (TPSA) is 79.0 Å². The number of fused-ring (bicyclic) bond motifs is 3. The molecule has 4 aliphatic rings. The van der Waals surface area contributed by atoms with Crippen molar-refractivity contribution in [1.82, 2.24) is 4.98 Å². The standard InChI is InChI=1S/C25H19NO6/c1-2-28-25(27)23-21(14-5-7-17-19(10-14)31-12-29-17)16-4-3-9-26-24(16)22(23)15-6-8-18-20(11-15)32-13-30-18/h3-11,26H,2,12-13H2,1H3. The number of carbonyl (C=O) groups excluding carboxylic acids is 1. The normalized spacial score (nSPS) is 13.5. The van der Waals surface area contributed by atoms with E-state index < -0.39 is 5.97 Å². The number of ether oxygens (including phenoxy) is 5. The fraction of sp³-hybridized carbons (Fsp3) is 0.160. The molecule has 0 aromatic heterocycles. The third kappa shape index (κ3) is 2.78. The second-order valence-electron chi connectivity index (χ2n) is 7.44. The number of carbonyl (C=O) groups is 1. The van der Waals surface area contributed by atoms with Gasteiger partial charge >= 0.3 is 5.97 Å². The maximum Gasteiger partial charge on any atom is 0.339 e. The van der Waals surface area contributed by atoms with Crippen LogP contribution >= 0.6 is 0 Å². The van der Waals surface area contributed by atoms with Crippen molar-refractivity contribution in [3.05, 3.63) is 60.3 Å². The molecule has 3 heterocycles. The zero-order chi connectivity index (χ0) is 21.7. The van der Waals surface area contributed by atoms with E-state index >= 15 is 0 Å². The van der Waals surface area contributed by atoms with Crippen molar-refractivity contribution in [2.75, 3.05) is 20.2 Å². The highest BCUT2D eigenvalue weighted by atomic mass is 16.7. The summed E-state index contributed by atoms with van der Waals surface area (Å²) in [6.45, 7) is 2.43. The second-order valence-corrected chi connectivity index (χ2v) is 7.44. The average Bonchev–Trinajstić information content (AvgIpc) is 3.54. The molecule has 0 radical (unpaired) electrons. The number of nitrogens with one attached hydrogen (secondary N) is 1. The number of pyridine rings is 1. The molecule has 32 heavy (non-hydrogen) atoms. The quantitative estimate of drug-likeness (QED) is 0.456. The molecule has 0 amide bonds. The Labute approximate surface area is 183 Å². The highest BCUT2D eigenvalue weighted by Crippen LogP contribution is 2.50. The van der Waals surface area contributed by atoms with E-state index in [4.69, 9.17) is 23.7 Å². The molecule has 160 valence electrons. The summed E-state index contributed by atoms with van der Waals surface area (Å²) in [5.74, 6) is 2.27. The molecule has 2 aromatic rings. The first-order chi connectivity index (χ1) is 15.7. The van der Waals surface area contributed by atoms with Gasteiger partial charge in [-0.1, -0.05) is 18.2 Å². The van der Waals surface area contributed by atoms with Gasteiger partial charge in [0.2, 0.25) is 13.6 Å². The Morgan fingerprint density at radius 2 is 1.50 bits per heavy atom. The molecule has 1 N–H and O–H groups in total. The molecule has 0 unspecified atom stereocenters. The number of hydrogen-bond acceptors (Lipinski definition) is 6. The second kappa shape index (κ2) is 7.23. The molecule has 0 spiro atoms. The van der Waals surface area contributed by atoms with Crippen molar-refractivity contribution in [3.8, 4) is 56.5 Å². The van der Waals surface area contributed by atoms with Crippen LogP contribution in [0.5, 0.6) is 23.0 Å². The van der Waals surface area contributed by atoms with Crippen molar-refractivity contribution in [1.29, 1.82) is 0 Å². The predicted octanol–water partition coefficient (Wildman–Crippen LogP) is 5.09. The third-order valence-electron chi connectivity index (χ3n) is 5.68. The first-order valence-electron chi connectivity index (χ1n) is 10.3. The van der Waals surface area contributed by atoms with Crippen LogP contribution in [0.3, 0.4) is 0 Å². The molecule has 0 fully saturated rings. The summed E-state index contributed by atoms with van der Waals surface area (Å²) >= 11 is 0. The lowest BCUT2D eigenvalue weighted by atomic mass is 9.98. The molecule has 7 heteroatoms. The first-order valence-corrected chi connectivity index (χ1v) is 10.3. The zero-order valence-corrected chi connectivity index (χ0v) is 17.3. The van der Waals surface area contributed by atoms with Gasteiger partial charge in [0.1, 0.15) is 0 Å². The van der Waals surface area contributed by atoms with Gasteiger partial charge < -0.3 is 28.7 Å². The van der Waals surface area contributed by atoms with Gasteiger partial charge in [-0.25, -0.2) is 4.79 Å². The van der Waals surface area contributed by atoms with Gasteiger partial charge in [0.25, 0.3) is 0 Å². The first kappa shape index (κ1) is 18.6. The molecule has 3 aliphatic heterocycles. The molecular formula is C25H19NO6. The smallest absolute Gasteiger partial charge is 0.339 e. The van der Waals surface area contributed by atoms with Gasteiger partial charge in [0, 0.05) is 22.9 Å². The predicted molar refractivity (Wildman–Crippen MR) is 116 cm³/mol. The Morgan fingerprint density at radius 3 is 2.16 bits per heavy atom. The summed E-state index contributed by atoms with van der Waals surface area (Å²) < 4.78 is 27.6. The van der Waals surface area contributed by atoms with Crippen molar-refractivity contribution < 1.29 is 28.5 Å². The zero-order valence-electron chi connectivity index (χ0n) is 17.3. The largest absolute Gasteiger partial charge is 0.462 e. The summed E-state index contributed by atoms with van der Waals surface area (Å²) in [7, 11) is 0. The summed E-state index contributed by atoms with van der Waals surface area (Å²) in [6.07, 6.45) is 1.84. The molecule has 0 saturated carbocycles. The maximum atomic E-state index is 13.3. The van der Waals surface area contributed by atoms with Crippen LogP contribution < -0.4 is 18.9 Å². The van der Waals surface area contributed by atoms with Crippen LogP contribution in [0.25, 0.3) is 33.5 Å². The highest BCUT2D eigenvalue weighted by Gasteiger charge is 2.32. The highest BCUT2D eigenvalue weighted by molar-refractivity contribution is 6.14. The Hall–Kier alpha value is -4.13. The lowest BCUT2D eigenvalue weighted by Crippen LogP contribution is -2.06. The maximum absolute atomic E-state index is 13.3. The number of H-pyrrole nitrogens is 1. The van der Waals surface area contributed by atoms with Gasteiger partial charge in [-0.3, -0.25) is 0 Å². The van der Waals surface area contributed by atoms with Crippen molar-refractivity contribution in [2.45, 2.75) is 6.92 Å². The molecule has 1 aliphatic carbocycles. The van der Waals surface area contributed by atoms with E-state index in [1.54, 1.807) is 6.92 Å². The minimum atomic E-state index is -0.391. The minimum absolute atomic E-state index is 0.180. The molecule has 7 nitrogen and oxygen atoms in total. The Morgan fingerprint density at radius 1 is 0.875 bits per heavy atom. The van der Waals surface area contributed by atoms with Crippen LogP contribution in [0.4, 0.5) is 0 Å². The third-order valence-corrected chi connectivity index (χ3v) is 5.68. The number of hydrogen-bond donors (Lipinski definition) is 1. The van der Waals surface area contributed by atoms with Gasteiger partial charge in [-0.05, 0) is 48.4 Å². The number of esters is 1. The summed E-state index contributed by atoms with van der Waals surface area (Å²) in [6, 6.07) is 15.3. The van der Waals surface area contributed by atoms with E-state index in [1.165, 1.54) is 0 Å². The minimum Gasteiger partial charge on any atom is -0.462 e. The van der Waals surface area contributed by atoms with Crippen LogP contribution in [-0.2, 0) is 4.74 Å². The molecular weight excluding hydrogens is 410 g/mol. The number of aromatic amines is 1. The Bertz CT molecular complexity index is 1230. The van der Waals surface area contributed by atoms with Crippen molar-refractivity contribution in [3.63, 3.8) is 0 Å². The van der Waals surface area contributed by atoms with Gasteiger partial charge in [0.05, 0.1) is 17.9 Å². The summed E-state index contributed by atoms with van der Waals surface area (Å²) in [5.41, 5.74) is 5.43. The fourth-order valence-electron chi connectivity index (χ4n) is 4.34. The van der Waals surface area contributed by atoms with Crippen molar-refractivity contribution in [2.24, 2.45) is 0 Å². The van der Waals surface area contributed by atoms with Crippen LogP contribution in [0.15, 0.2) is 54.7 Å². The molecule has 6 rings (SSSR count). The number of aromatic nitrogens is 1. The molecule has 0 saturated heterocycles. The monoisotopic (exact) mass is 429 g/mol. The molecule has 0 atom stereocenters. The van der Waals surface area contributed by atoms with Crippen LogP contribution in [0, 0.1) is 0 Å². The molecule has 0 bridgehead atoms. The Kier molecular flexibility index (Phi) is 4.21. The SMILES string of the molecule is CCOC(=O)c1c(-c2ccc3c(c2)OCO3)c2ccc[nH]c-2c1-c1ccc2c(c1)OCO2. The van der Waals surface area contributed by atoms with Crippen LogP contribution in [0.1, 0.15) is 17.3 Å². The fourth-order valence-corrected chi connectivity index (χ4v) is 4.34. The Balaban J connectivity index is 1.64.